The largest absolute Gasteiger partial charge is 0.486 e. The third-order valence-corrected chi connectivity index (χ3v) is 12.3. The summed E-state index contributed by atoms with van der Waals surface area (Å²) in [6, 6.07) is 17.8. The molecular formula is C46H49BrF2N8O4. The first-order valence-corrected chi connectivity index (χ1v) is 22.0. The highest BCUT2D eigenvalue weighted by molar-refractivity contribution is 9.10. The van der Waals surface area contributed by atoms with E-state index in [0.29, 0.717) is 74.8 Å². The molecule has 0 amide bonds. The highest BCUT2D eigenvalue weighted by Crippen LogP contribution is 2.40. The Balaban J connectivity index is 0.000000156. The smallest absolute Gasteiger partial charge is 0.163 e. The Labute approximate surface area is 362 Å². The van der Waals surface area contributed by atoms with Crippen molar-refractivity contribution in [3.05, 3.63) is 95.0 Å². The Morgan fingerprint density at radius 1 is 0.623 bits per heavy atom. The quantitative estimate of drug-likeness (QED) is 0.136. The first kappa shape index (κ1) is 41.0. The van der Waals surface area contributed by atoms with E-state index in [1.807, 2.05) is 30.3 Å². The Hall–Kier alpha value is -5.38. The first-order chi connectivity index (χ1) is 29.8. The number of aromatic nitrogens is 4. The van der Waals surface area contributed by atoms with Crippen LogP contribution in [-0.2, 0) is 0 Å². The van der Waals surface area contributed by atoms with Crippen molar-refractivity contribution in [1.82, 2.24) is 29.7 Å². The van der Waals surface area contributed by atoms with Crippen molar-refractivity contribution < 1.29 is 27.7 Å². The zero-order valence-electron chi connectivity index (χ0n) is 34.1. The minimum atomic E-state index is -0.371. The SMILES string of the molecule is Cc1cccc(Nc2ncnc3cc4c(cc23)OC(CCN2CCCC2)CO4)c1F.Fc1c(Br)cccc1Nc1ncnc2cc3c(cc12)OC(CCN1CCCCC1)CO3. The van der Waals surface area contributed by atoms with Gasteiger partial charge in [0.15, 0.2) is 28.8 Å². The molecule has 10 rings (SSSR count). The van der Waals surface area contributed by atoms with E-state index in [4.69, 9.17) is 18.9 Å². The van der Waals surface area contributed by atoms with Gasteiger partial charge in [-0.3, -0.25) is 0 Å². The summed E-state index contributed by atoms with van der Waals surface area (Å²) in [5.41, 5.74) is 2.73. The molecule has 4 aliphatic heterocycles. The van der Waals surface area contributed by atoms with Crippen molar-refractivity contribution in [3.63, 3.8) is 0 Å². The number of fused-ring (bicyclic) bond motifs is 4. The molecule has 2 saturated heterocycles. The maximum atomic E-state index is 14.5. The van der Waals surface area contributed by atoms with Crippen molar-refractivity contribution in [3.8, 4) is 23.0 Å². The van der Waals surface area contributed by atoms with Gasteiger partial charge >= 0.3 is 0 Å². The van der Waals surface area contributed by atoms with E-state index in [2.05, 4.69) is 56.3 Å². The van der Waals surface area contributed by atoms with Crippen LogP contribution in [0.25, 0.3) is 21.8 Å². The second-order valence-corrected chi connectivity index (χ2v) is 16.8. The fourth-order valence-electron chi connectivity index (χ4n) is 8.26. The average molecular weight is 896 g/mol. The molecule has 0 bridgehead atoms. The van der Waals surface area contributed by atoms with E-state index in [-0.39, 0.29) is 23.8 Å². The summed E-state index contributed by atoms with van der Waals surface area (Å²) in [5.74, 6) is 3.12. The second kappa shape index (κ2) is 18.7. The van der Waals surface area contributed by atoms with E-state index in [1.165, 1.54) is 70.9 Å². The van der Waals surface area contributed by atoms with Crippen LogP contribution < -0.4 is 29.6 Å². The number of nitrogens with one attached hydrogen (secondary N) is 2. The van der Waals surface area contributed by atoms with Gasteiger partial charge in [-0.05, 0) is 111 Å². The molecule has 2 fully saturated rings. The van der Waals surface area contributed by atoms with Gasteiger partial charge in [0.2, 0.25) is 0 Å². The lowest BCUT2D eigenvalue weighted by molar-refractivity contribution is 0.0730. The van der Waals surface area contributed by atoms with Gasteiger partial charge in [0.25, 0.3) is 0 Å². The first-order valence-electron chi connectivity index (χ1n) is 21.2. The van der Waals surface area contributed by atoms with Gasteiger partial charge in [0.05, 0.1) is 26.9 Å². The number of rotatable bonds is 10. The van der Waals surface area contributed by atoms with Gasteiger partial charge < -0.3 is 39.4 Å². The summed E-state index contributed by atoms with van der Waals surface area (Å²) in [4.78, 5) is 22.4. The number of hydrogen-bond donors (Lipinski definition) is 2. The van der Waals surface area contributed by atoms with Crippen molar-refractivity contribution >= 4 is 60.7 Å². The molecule has 2 atom stereocenters. The molecule has 2 aromatic heterocycles. The lowest BCUT2D eigenvalue weighted by Gasteiger charge is -2.31. The number of ether oxygens (including phenoxy) is 4. The normalized spacial score (nSPS) is 18.8. The summed E-state index contributed by atoms with van der Waals surface area (Å²) >= 11 is 3.22. The molecule has 4 aliphatic rings. The number of piperidine rings is 1. The summed E-state index contributed by atoms with van der Waals surface area (Å²) in [7, 11) is 0. The zero-order chi connectivity index (χ0) is 41.7. The molecule has 0 aliphatic carbocycles. The molecule has 61 heavy (non-hydrogen) atoms. The lowest BCUT2D eigenvalue weighted by Crippen LogP contribution is -2.36. The number of benzene rings is 4. The van der Waals surface area contributed by atoms with Crippen LogP contribution in [0.2, 0.25) is 0 Å². The Morgan fingerprint density at radius 2 is 1.11 bits per heavy atom. The number of hydrogen-bond acceptors (Lipinski definition) is 12. The molecule has 6 aromatic rings. The number of aryl methyl sites for hydroxylation is 1. The molecule has 4 aromatic carbocycles. The van der Waals surface area contributed by atoms with Crippen LogP contribution in [0.3, 0.4) is 0 Å². The lowest BCUT2D eigenvalue weighted by atomic mass is 10.1. The average Bonchev–Trinajstić information content (AvgIpc) is 3.81. The topological polar surface area (TPSA) is 119 Å². The minimum Gasteiger partial charge on any atom is -0.486 e. The van der Waals surface area contributed by atoms with Crippen LogP contribution >= 0.6 is 15.9 Å². The molecule has 12 nitrogen and oxygen atoms in total. The molecule has 0 saturated carbocycles. The molecule has 15 heteroatoms. The molecule has 2 unspecified atom stereocenters. The fraction of sp³-hybridized carbons (Fsp3) is 0.391. The Bertz CT molecular complexity index is 2500. The third kappa shape index (κ3) is 9.58. The highest BCUT2D eigenvalue weighted by atomic mass is 79.9. The van der Waals surface area contributed by atoms with Gasteiger partial charge in [-0.25, -0.2) is 28.7 Å². The number of nitrogens with zero attached hydrogens (tertiary/aromatic N) is 6. The predicted octanol–water partition coefficient (Wildman–Crippen LogP) is 9.74. The molecular weight excluding hydrogens is 846 g/mol. The van der Waals surface area contributed by atoms with E-state index < -0.39 is 0 Å². The Kier molecular flexibility index (Phi) is 12.6. The van der Waals surface area contributed by atoms with Crippen molar-refractivity contribution in [2.45, 2.75) is 64.1 Å². The number of likely N-dealkylation sites (tertiary alicyclic amines) is 2. The van der Waals surface area contributed by atoms with Gasteiger partial charge in [0, 0.05) is 48.8 Å². The summed E-state index contributed by atoms with van der Waals surface area (Å²) in [6.07, 6.45) is 11.3. The van der Waals surface area contributed by atoms with E-state index in [9.17, 15) is 8.78 Å². The van der Waals surface area contributed by atoms with Crippen LogP contribution in [-0.4, -0.2) is 94.4 Å². The monoisotopic (exact) mass is 894 g/mol. The summed E-state index contributed by atoms with van der Waals surface area (Å²) in [6.45, 7) is 9.56. The van der Waals surface area contributed by atoms with Gasteiger partial charge in [-0.1, -0.05) is 24.6 Å². The standard InChI is InChI=1S/C23H24BrFN4O2.C23H25FN4O2/c24-17-5-4-6-18(22(17)25)28-23-16-11-21-20(12-19(16)26-14-27-23)30-13-15(31-21)7-10-29-8-2-1-3-9-29;1-15-5-4-6-18(22(15)24)27-23-17-11-21-20(12-19(17)25-14-26-23)29-13-16(30-21)7-10-28-8-2-3-9-28/h4-6,11-12,14-15H,1-3,7-10,13H2,(H,26,27,28);4-6,11-12,14,16H,2-3,7-10,13H2,1H3,(H,25,26,27). The number of anilines is 4. The molecule has 0 radical (unpaired) electrons. The predicted molar refractivity (Wildman–Crippen MR) is 236 cm³/mol. The molecule has 0 spiro atoms. The maximum Gasteiger partial charge on any atom is 0.163 e. The third-order valence-electron chi connectivity index (χ3n) is 11.7. The van der Waals surface area contributed by atoms with Crippen LogP contribution in [0.15, 0.2) is 77.8 Å². The van der Waals surface area contributed by atoms with Crippen molar-refractivity contribution in [1.29, 1.82) is 0 Å². The molecule has 318 valence electrons. The summed E-state index contributed by atoms with van der Waals surface area (Å²) in [5, 5.41) is 7.71. The van der Waals surface area contributed by atoms with Gasteiger partial charge in [0.1, 0.15) is 55.5 Å². The van der Waals surface area contributed by atoms with E-state index in [0.717, 1.165) is 42.2 Å². The van der Waals surface area contributed by atoms with Crippen molar-refractivity contribution in [2.24, 2.45) is 0 Å². The zero-order valence-corrected chi connectivity index (χ0v) is 35.7. The highest BCUT2D eigenvalue weighted by Gasteiger charge is 2.26. The maximum absolute atomic E-state index is 14.5. The van der Waals surface area contributed by atoms with Gasteiger partial charge in [-0.15, -0.1) is 0 Å². The molecule has 6 heterocycles. The fourth-order valence-corrected chi connectivity index (χ4v) is 8.62. The van der Waals surface area contributed by atoms with Crippen LogP contribution in [0, 0.1) is 18.6 Å². The van der Waals surface area contributed by atoms with E-state index >= 15 is 0 Å². The minimum absolute atomic E-state index is 0.00967. The van der Waals surface area contributed by atoms with Crippen molar-refractivity contribution in [2.75, 3.05) is 63.1 Å². The second-order valence-electron chi connectivity index (χ2n) is 16.0. The van der Waals surface area contributed by atoms with Crippen LogP contribution in [0.1, 0.15) is 50.5 Å². The van der Waals surface area contributed by atoms with Crippen LogP contribution in [0.5, 0.6) is 23.0 Å². The summed E-state index contributed by atoms with van der Waals surface area (Å²) < 4.78 is 53.8. The number of halogens is 3. The van der Waals surface area contributed by atoms with Crippen LogP contribution in [0.4, 0.5) is 31.8 Å². The van der Waals surface area contributed by atoms with E-state index in [1.54, 1.807) is 37.3 Å². The molecule has 2 N–H and O–H groups in total. The Morgan fingerprint density at radius 3 is 1.66 bits per heavy atom. The van der Waals surface area contributed by atoms with Gasteiger partial charge in [-0.2, -0.15) is 0 Å².